The molecular formula is C13H13BrN4OS2. The van der Waals surface area contributed by atoms with E-state index in [0.29, 0.717) is 15.8 Å². The second-order valence-corrected chi connectivity index (χ2v) is 8.11. The van der Waals surface area contributed by atoms with E-state index in [0.717, 1.165) is 26.1 Å². The summed E-state index contributed by atoms with van der Waals surface area (Å²) in [4.78, 5) is 4.43. The Morgan fingerprint density at radius 1 is 1.48 bits per heavy atom. The highest BCUT2D eigenvalue weighted by atomic mass is 79.9. The number of hydrogen-bond acceptors (Lipinski definition) is 5. The summed E-state index contributed by atoms with van der Waals surface area (Å²) in [6.07, 6.45) is 0. The molecule has 0 radical (unpaired) electrons. The Balaban J connectivity index is 1.93. The zero-order valence-corrected chi connectivity index (χ0v) is 14.7. The SMILES string of the molecule is Cc1nn(C)c(CS(=O)c2nc3ccc(N)cc3s2)c1Br. The quantitative estimate of drug-likeness (QED) is 0.704. The van der Waals surface area contributed by atoms with Crippen LogP contribution in [0.5, 0.6) is 0 Å². The van der Waals surface area contributed by atoms with Crippen LogP contribution in [-0.4, -0.2) is 19.0 Å². The van der Waals surface area contributed by atoms with E-state index in [1.807, 2.05) is 26.1 Å². The molecule has 0 spiro atoms. The third-order valence-electron chi connectivity index (χ3n) is 3.12. The number of halogens is 1. The number of anilines is 1. The molecule has 0 fully saturated rings. The Kier molecular flexibility index (Phi) is 3.85. The lowest BCUT2D eigenvalue weighted by Gasteiger charge is -2.01. The lowest BCUT2D eigenvalue weighted by atomic mass is 10.3. The lowest BCUT2D eigenvalue weighted by Crippen LogP contribution is -2.03. The van der Waals surface area contributed by atoms with Crippen molar-refractivity contribution in [2.45, 2.75) is 17.0 Å². The van der Waals surface area contributed by atoms with E-state index < -0.39 is 10.8 Å². The van der Waals surface area contributed by atoms with Gasteiger partial charge in [-0.2, -0.15) is 5.10 Å². The number of fused-ring (bicyclic) bond motifs is 1. The van der Waals surface area contributed by atoms with Gasteiger partial charge in [-0.1, -0.05) is 0 Å². The van der Waals surface area contributed by atoms with Crippen LogP contribution in [0.25, 0.3) is 10.2 Å². The molecule has 110 valence electrons. The van der Waals surface area contributed by atoms with E-state index in [9.17, 15) is 4.21 Å². The van der Waals surface area contributed by atoms with Crippen LogP contribution in [0.4, 0.5) is 5.69 Å². The van der Waals surface area contributed by atoms with Crippen molar-refractivity contribution in [3.8, 4) is 0 Å². The van der Waals surface area contributed by atoms with Crippen molar-refractivity contribution in [3.05, 3.63) is 34.1 Å². The van der Waals surface area contributed by atoms with E-state index in [-0.39, 0.29) is 0 Å². The van der Waals surface area contributed by atoms with Crippen molar-refractivity contribution in [1.82, 2.24) is 14.8 Å². The monoisotopic (exact) mass is 384 g/mol. The smallest absolute Gasteiger partial charge is 0.182 e. The van der Waals surface area contributed by atoms with Crippen LogP contribution >= 0.6 is 27.3 Å². The summed E-state index contributed by atoms with van der Waals surface area (Å²) in [7, 11) is 0.645. The Morgan fingerprint density at radius 3 is 2.90 bits per heavy atom. The van der Waals surface area contributed by atoms with E-state index in [1.165, 1.54) is 11.3 Å². The van der Waals surface area contributed by atoms with Crippen LogP contribution in [0, 0.1) is 6.92 Å². The number of hydrogen-bond donors (Lipinski definition) is 1. The fourth-order valence-electron chi connectivity index (χ4n) is 2.04. The summed E-state index contributed by atoms with van der Waals surface area (Å²) in [5.74, 6) is 0.382. The highest BCUT2D eigenvalue weighted by Gasteiger charge is 2.17. The lowest BCUT2D eigenvalue weighted by molar-refractivity contribution is 0.675. The summed E-state index contributed by atoms with van der Waals surface area (Å²) >= 11 is 4.92. The van der Waals surface area contributed by atoms with Gasteiger partial charge in [0.2, 0.25) is 0 Å². The molecule has 0 aliphatic carbocycles. The number of aromatic nitrogens is 3. The zero-order chi connectivity index (χ0) is 15.1. The number of nitrogens with zero attached hydrogens (tertiary/aromatic N) is 3. The first-order chi connectivity index (χ1) is 9.95. The molecule has 0 aliphatic heterocycles. The molecule has 21 heavy (non-hydrogen) atoms. The van der Waals surface area contributed by atoms with Crippen LogP contribution in [0.2, 0.25) is 0 Å². The average Bonchev–Trinajstić information content (AvgIpc) is 2.95. The van der Waals surface area contributed by atoms with Gasteiger partial charge in [-0.15, -0.1) is 11.3 Å². The maximum Gasteiger partial charge on any atom is 0.182 e. The first-order valence-electron chi connectivity index (χ1n) is 6.18. The van der Waals surface area contributed by atoms with Crippen LogP contribution < -0.4 is 5.73 Å². The van der Waals surface area contributed by atoms with Gasteiger partial charge in [0.25, 0.3) is 0 Å². The molecule has 3 rings (SSSR count). The maximum atomic E-state index is 12.5. The molecule has 2 N–H and O–H groups in total. The number of nitrogen functional groups attached to an aromatic ring is 1. The summed E-state index contributed by atoms with van der Waals surface area (Å²) in [6, 6.07) is 5.51. The van der Waals surface area contributed by atoms with Crippen LogP contribution in [0.15, 0.2) is 27.0 Å². The predicted molar refractivity (Wildman–Crippen MR) is 89.8 cm³/mol. The Morgan fingerprint density at radius 2 is 2.24 bits per heavy atom. The topological polar surface area (TPSA) is 73.8 Å². The fourth-order valence-corrected chi connectivity index (χ4v) is 5.17. The van der Waals surface area contributed by atoms with Gasteiger partial charge in [0, 0.05) is 12.7 Å². The number of benzene rings is 1. The highest BCUT2D eigenvalue weighted by Crippen LogP contribution is 2.29. The van der Waals surface area contributed by atoms with E-state index in [4.69, 9.17) is 5.73 Å². The number of nitrogens with two attached hydrogens (primary N) is 1. The first-order valence-corrected chi connectivity index (χ1v) is 9.11. The zero-order valence-electron chi connectivity index (χ0n) is 11.5. The van der Waals surface area contributed by atoms with E-state index >= 15 is 0 Å². The molecule has 1 atom stereocenters. The molecule has 2 aromatic heterocycles. The summed E-state index contributed by atoms with van der Waals surface area (Å²) in [5.41, 5.74) is 9.08. The molecule has 0 amide bonds. The highest BCUT2D eigenvalue weighted by molar-refractivity contribution is 9.10. The van der Waals surface area contributed by atoms with Crippen LogP contribution in [-0.2, 0) is 23.6 Å². The number of thiazole rings is 1. The largest absolute Gasteiger partial charge is 0.399 e. The molecule has 1 aromatic carbocycles. The van der Waals surface area contributed by atoms with Gasteiger partial charge in [0.05, 0.1) is 42.6 Å². The minimum atomic E-state index is -1.21. The average molecular weight is 385 g/mol. The van der Waals surface area contributed by atoms with Crippen molar-refractivity contribution < 1.29 is 4.21 Å². The summed E-state index contributed by atoms with van der Waals surface area (Å²) in [6.45, 7) is 1.91. The molecule has 3 aromatic rings. The van der Waals surface area contributed by atoms with Gasteiger partial charge in [0.15, 0.2) is 4.34 Å². The first kappa shape index (κ1) is 14.7. The van der Waals surface area contributed by atoms with Gasteiger partial charge >= 0.3 is 0 Å². The minimum absolute atomic E-state index is 0.382. The Labute approximate surface area is 136 Å². The molecule has 8 heteroatoms. The summed E-state index contributed by atoms with van der Waals surface area (Å²) in [5, 5.41) is 4.31. The number of rotatable bonds is 3. The second kappa shape index (κ2) is 5.51. The minimum Gasteiger partial charge on any atom is -0.399 e. The third-order valence-corrected chi connectivity index (χ3v) is 6.79. The Bertz CT molecular complexity index is 855. The summed E-state index contributed by atoms with van der Waals surface area (Å²) < 4.78 is 16.8. The van der Waals surface area contributed by atoms with Crippen molar-refractivity contribution in [2.24, 2.45) is 7.05 Å². The molecular weight excluding hydrogens is 372 g/mol. The van der Waals surface area contributed by atoms with E-state index in [2.05, 4.69) is 26.0 Å². The van der Waals surface area contributed by atoms with Crippen LogP contribution in [0.1, 0.15) is 11.4 Å². The normalized spacial score (nSPS) is 12.9. The van der Waals surface area contributed by atoms with Gasteiger partial charge in [0.1, 0.15) is 0 Å². The standard InChI is InChI=1S/C13H13BrN4OS2/c1-7-12(14)10(18(2)17-7)6-21(19)13-16-9-4-3-8(15)5-11(9)20-13/h3-5H,6,15H2,1-2H3. The second-order valence-electron chi connectivity index (χ2n) is 4.67. The molecule has 5 nitrogen and oxygen atoms in total. The van der Waals surface area contributed by atoms with Gasteiger partial charge < -0.3 is 5.73 Å². The van der Waals surface area contributed by atoms with Crippen LogP contribution in [0.3, 0.4) is 0 Å². The van der Waals surface area contributed by atoms with Gasteiger partial charge in [-0.25, -0.2) is 4.98 Å². The van der Waals surface area contributed by atoms with Crippen molar-refractivity contribution in [3.63, 3.8) is 0 Å². The molecule has 0 saturated heterocycles. The molecule has 0 bridgehead atoms. The van der Waals surface area contributed by atoms with Crippen molar-refractivity contribution in [2.75, 3.05) is 5.73 Å². The fraction of sp³-hybridized carbons (Fsp3) is 0.231. The Hall–Kier alpha value is -1.25. The molecule has 0 aliphatic rings. The van der Waals surface area contributed by atoms with Crippen molar-refractivity contribution >= 4 is 54.0 Å². The third kappa shape index (κ3) is 2.75. The predicted octanol–water partition coefficient (Wildman–Crippen LogP) is 2.99. The van der Waals surface area contributed by atoms with E-state index in [1.54, 1.807) is 10.7 Å². The molecule has 1 unspecified atom stereocenters. The van der Waals surface area contributed by atoms with Gasteiger partial charge in [-0.05, 0) is 41.1 Å². The number of aryl methyl sites for hydroxylation is 2. The van der Waals surface area contributed by atoms with Crippen molar-refractivity contribution in [1.29, 1.82) is 0 Å². The molecule has 2 heterocycles. The molecule has 0 saturated carbocycles. The maximum absolute atomic E-state index is 12.5. The van der Waals surface area contributed by atoms with Gasteiger partial charge in [-0.3, -0.25) is 8.89 Å².